The van der Waals surface area contributed by atoms with Crippen molar-refractivity contribution in [3.05, 3.63) is 83.2 Å². The number of carboxylic acid groups (broad SMARTS) is 1. The van der Waals surface area contributed by atoms with Crippen molar-refractivity contribution in [2.75, 3.05) is 13.1 Å². The molecule has 4 heterocycles. The van der Waals surface area contributed by atoms with Crippen LogP contribution < -0.4 is 11.1 Å². The number of rotatable bonds is 5. The summed E-state index contributed by atoms with van der Waals surface area (Å²) in [5.74, 6) is -1.23. The van der Waals surface area contributed by atoms with E-state index in [0.717, 1.165) is 33.6 Å². The third-order valence-electron chi connectivity index (χ3n) is 7.41. The Balaban J connectivity index is 1.46. The van der Waals surface area contributed by atoms with Crippen molar-refractivity contribution in [1.29, 1.82) is 0 Å². The lowest BCUT2D eigenvalue weighted by atomic mass is 9.85. The Hall–Kier alpha value is -3.88. The van der Waals surface area contributed by atoms with Gasteiger partial charge in [0.15, 0.2) is 0 Å². The number of hydrogen-bond acceptors (Lipinski definition) is 5. The number of hydrogen-bond donors (Lipinski definition) is 3. The molecule has 0 unspecified atom stereocenters. The summed E-state index contributed by atoms with van der Waals surface area (Å²) in [7, 11) is 1.92. The molecule has 36 heavy (non-hydrogen) atoms. The van der Waals surface area contributed by atoms with Crippen molar-refractivity contribution in [3.8, 4) is 33.6 Å². The first-order chi connectivity index (χ1) is 17.3. The van der Waals surface area contributed by atoms with E-state index >= 15 is 0 Å². The number of aryl methyl sites for hydroxylation is 1. The highest BCUT2D eigenvalue weighted by Crippen LogP contribution is 2.40. The van der Waals surface area contributed by atoms with Crippen molar-refractivity contribution in [2.45, 2.75) is 24.8 Å². The molecule has 0 amide bonds. The normalized spacial score (nSPS) is 15.6. The molecule has 182 valence electrons. The topological polar surface area (TPSA) is 106 Å². The molecule has 1 aliphatic carbocycles. The molecule has 3 aromatic heterocycles. The maximum Gasteiger partial charge on any atom is 0.337 e. The van der Waals surface area contributed by atoms with Gasteiger partial charge in [-0.05, 0) is 42.2 Å². The summed E-state index contributed by atoms with van der Waals surface area (Å²) in [5, 5.41) is 13.3. The molecule has 4 aromatic rings. The summed E-state index contributed by atoms with van der Waals surface area (Å²) in [6.07, 6.45) is 7.05. The minimum Gasteiger partial charge on any atom is -0.478 e. The van der Waals surface area contributed by atoms with Crippen LogP contribution in [0.25, 0.3) is 33.6 Å². The first-order valence-electron chi connectivity index (χ1n) is 12.0. The maximum absolute atomic E-state index is 14.4. The lowest BCUT2D eigenvalue weighted by Gasteiger charge is -2.39. The number of aromatic carboxylic acids is 1. The van der Waals surface area contributed by atoms with Crippen LogP contribution in [0.2, 0.25) is 0 Å². The Morgan fingerprint density at radius 2 is 1.92 bits per heavy atom. The summed E-state index contributed by atoms with van der Waals surface area (Å²) in [5.41, 5.74) is 13.6. The predicted octanol–water partition coefficient (Wildman–Crippen LogP) is 3.60. The number of benzene rings is 1. The Morgan fingerprint density at radius 1 is 1.14 bits per heavy atom. The number of nitrogens with one attached hydrogen (secondary N) is 1. The van der Waals surface area contributed by atoms with Crippen LogP contribution in [0.5, 0.6) is 0 Å². The Labute approximate surface area is 207 Å². The fourth-order valence-corrected chi connectivity index (χ4v) is 5.49. The second-order valence-electron chi connectivity index (χ2n) is 9.82. The minimum absolute atomic E-state index is 0.309. The molecule has 2 aliphatic rings. The largest absolute Gasteiger partial charge is 0.478 e. The van der Waals surface area contributed by atoms with Crippen LogP contribution in [-0.4, -0.2) is 44.2 Å². The monoisotopic (exact) mass is 483 g/mol. The molecule has 6 rings (SSSR count). The van der Waals surface area contributed by atoms with Gasteiger partial charge in [0.05, 0.1) is 17.0 Å². The number of nitrogens with zero attached hydrogens (tertiary/aromatic N) is 3. The lowest BCUT2D eigenvalue weighted by Crippen LogP contribution is -2.67. The van der Waals surface area contributed by atoms with Gasteiger partial charge in [0, 0.05) is 78.6 Å². The SMILES string of the molecule is Cn1c(CC2(N)CNC2)c(C(=O)O)c2c1-c1cc(-c3cncc(-c4ccccc4F)c3)ncc1CC2. The van der Waals surface area contributed by atoms with E-state index in [-0.39, 0.29) is 5.82 Å². The molecule has 0 radical (unpaired) electrons. The summed E-state index contributed by atoms with van der Waals surface area (Å²) in [6, 6.07) is 10.5. The number of pyridine rings is 2. The highest BCUT2D eigenvalue weighted by molar-refractivity contribution is 5.95. The van der Waals surface area contributed by atoms with Crippen molar-refractivity contribution < 1.29 is 14.3 Å². The van der Waals surface area contributed by atoms with Crippen LogP contribution in [0, 0.1) is 5.82 Å². The van der Waals surface area contributed by atoms with E-state index in [2.05, 4.69) is 15.3 Å². The Kier molecular flexibility index (Phi) is 5.24. The van der Waals surface area contributed by atoms with E-state index in [1.165, 1.54) is 6.07 Å². The molecule has 8 heteroatoms. The van der Waals surface area contributed by atoms with Gasteiger partial charge in [0.1, 0.15) is 5.82 Å². The molecule has 0 bridgehead atoms. The Bertz CT molecular complexity index is 1520. The fourth-order valence-electron chi connectivity index (χ4n) is 5.49. The smallest absolute Gasteiger partial charge is 0.337 e. The van der Waals surface area contributed by atoms with Crippen LogP contribution in [0.15, 0.2) is 55.0 Å². The van der Waals surface area contributed by atoms with E-state index in [1.807, 2.05) is 29.9 Å². The van der Waals surface area contributed by atoms with E-state index < -0.39 is 11.5 Å². The van der Waals surface area contributed by atoms with E-state index in [9.17, 15) is 14.3 Å². The van der Waals surface area contributed by atoms with E-state index in [1.54, 1.807) is 30.6 Å². The molecule has 7 nitrogen and oxygen atoms in total. The molecule has 0 spiro atoms. The predicted molar refractivity (Wildman–Crippen MR) is 135 cm³/mol. The van der Waals surface area contributed by atoms with Crippen molar-refractivity contribution in [2.24, 2.45) is 12.8 Å². The van der Waals surface area contributed by atoms with Gasteiger partial charge >= 0.3 is 5.97 Å². The van der Waals surface area contributed by atoms with Crippen LogP contribution in [0.1, 0.15) is 27.2 Å². The van der Waals surface area contributed by atoms with E-state index in [4.69, 9.17) is 5.73 Å². The van der Waals surface area contributed by atoms with Gasteiger partial charge in [0.2, 0.25) is 0 Å². The summed E-state index contributed by atoms with van der Waals surface area (Å²) in [4.78, 5) is 21.4. The molecule has 1 aliphatic heterocycles. The zero-order chi connectivity index (χ0) is 25.0. The van der Waals surface area contributed by atoms with Crippen LogP contribution in [0.4, 0.5) is 4.39 Å². The third-order valence-corrected chi connectivity index (χ3v) is 7.41. The van der Waals surface area contributed by atoms with Crippen LogP contribution >= 0.6 is 0 Å². The number of carbonyl (C=O) groups is 1. The number of carboxylic acids is 1. The first-order valence-corrected chi connectivity index (χ1v) is 12.0. The molecule has 0 saturated carbocycles. The highest BCUT2D eigenvalue weighted by Gasteiger charge is 2.38. The molecular formula is C28H26FN5O2. The highest BCUT2D eigenvalue weighted by atomic mass is 19.1. The third kappa shape index (κ3) is 3.61. The minimum atomic E-state index is -0.919. The fraction of sp³-hybridized carbons (Fsp3) is 0.250. The van der Waals surface area contributed by atoms with Gasteiger partial charge in [-0.3, -0.25) is 9.97 Å². The quantitative estimate of drug-likeness (QED) is 0.401. The van der Waals surface area contributed by atoms with E-state index in [0.29, 0.717) is 54.7 Å². The van der Waals surface area contributed by atoms with Gasteiger partial charge < -0.3 is 20.7 Å². The average Bonchev–Trinajstić information content (AvgIpc) is 3.14. The maximum atomic E-state index is 14.4. The number of aromatic nitrogens is 3. The number of nitrogens with two attached hydrogens (primary N) is 1. The number of halogens is 1. The Morgan fingerprint density at radius 3 is 2.64 bits per heavy atom. The summed E-state index contributed by atoms with van der Waals surface area (Å²) < 4.78 is 16.4. The lowest BCUT2D eigenvalue weighted by molar-refractivity contribution is 0.0693. The molecule has 1 aromatic carbocycles. The van der Waals surface area contributed by atoms with Gasteiger partial charge in [0.25, 0.3) is 0 Å². The molecule has 0 atom stereocenters. The molecular weight excluding hydrogens is 457 g/mol. The average molecular weight is 484 g/mol. The van der Waals surface area contributed by atoms with Crippen LogP contribution in [-0.2, 0) is 26.3 Å². The second kappa shape index (κ2) is 8.36. The summed E-state index contributed by atoms with van der Waals surface area (Å²) in [6.45, 7) is 1.33. The first kappa shape index (κ1) is 22.6. The summed E-state index contributed by atoms with van der Waals surface area (Å²) >= 11 is 0. The molecule has 4 N–H and O–H groups in total. The second-order valence-corrected chi connectivity index (χ2v) is 9.82. The zero-order valence-corrected chi connectivity index (χ0v) is 19.9. The number of fused-ring (bicyclic) bond motifs is 3. The van der Waals surface area contributed by atoms with Crippen LogP contribution in [0.3, 0.4) is 0 Å². The molecule has 1 saturated heterocycles. The van der Waals surface area contributed by atoms with Crippen molar-refractivity contribution in [1.82, 2.24) is 19.9 Å². The standard InChI is InChI=1S/C28H26FN5O2/c1-34-24(10-28(30)14-32-15-28)25(27(35)36)20-7-6-16-13-33-23(9-21(16)26(20)34)18-8-17(11-31-12-18)19-4-2-3-5-22(19)29/h2-5,8-9,11-13,32H,6-7,10,14-15,30H2,1H3,(H,35,36). The molecule has 1 fully saturated rings. The van der Waals surface area contributed by atoms with Gasteiger partial charge in [-0.1, -0.05) is 18.2 Å². The van der Waals surface area contributed by atoms with Crippen molar-refractivity contribution in [3.63, 3.8) is 0 Å². The van der Waals surface area contributed by atoms with Crippen molar-refractivity contribution >= 4 is 5.97 Å². The van der Waals surface area contributed by atoms with Gasteiger partial charge in [-0.2, -0.15) is 0 Å². The van der Waals surface area contributed by atoms with Gasteiger partial charge in [-0.25, -0.2) is 9.18 Å². The van der Waals surface area contributed by atoms with Gasteiger partial charge in [-0.15, -0.1) is 0 Å². The zero-order valence-electron chi connectivity index (χ0n) is 19.9.